The quantitative estimate of drug-likeness (QED) is 0.704. The number of aromatic amines is 1. The van der Waals surface area contributed by atoms with Crippen molar-refractivity contribution in [3.63, 3.8) is 0 Å². The minimum Gasteiger partial charge on any atom is -0.271 e. The number of H-pyrrole nitrogens is 1. The number of fused-ring (bicyclic) bond motifs is 1. The van der Waals surface area contributed by atoms with E-state index in [1.807, 2.05) is 0 Å². The molecule has 6 heteroatoms. The molecule has 0 aliphatic carbocycles. The lowest BCUT2D eigenvalue weighted by Gasteiger charge is -2.03. The molecule has 1 aromatic heterocycles. The summed E-state index contributed by atoms with van der Waals surface area (Å²) in [6, 6.07) is 2.35. The van der Waals surface area contributed by atoms with E-state index in [1.165, 1.54) is 13.0 Å². The molecule has 1 heterocycles. The summed E-state index contributed by atoms with van der Waals surface area (Å²) in [5, 5.41) is -0.447. The van der Waals surface area contributed by atoms with Crippen molar-refractivity contribution >= 4 is 10.9 Å². The molecule has 2 aromatic rings. The van der Waals surface area contributed by atoms with Gasteiger partial charge in [0, 0.05) is 0 Å². The van der Waals surface area contributed by atoms with Crippen LogP contribution in [0.25, 0.3) is 10.9 Å². The molecule has 0 atom stereocenters. The Balaban J connectivity index is 3.23. The smallest absolute Gasteiger partial charge is 0.271 e. The number of benzene rings is 1. The monoisotopic (exact) mass is 212 g/mol. The summed E-state index contributed by atoms with van der Waals surface area (Å²) < 4.78 is 26.5. The predicted octanol–water partition coefficient (Wildman–Crippen LogP) is 0.870. The number of nitrogens with zero attached hydrogens (tertiary/aromatic N) is 1. The summed E-state index contributed by atoms with van der Waals surface area (Å²) in [7, 11) is 0. The summed E-state index contributed by atoms with van der Waals surface area (Å²) >= 11 is 0. The van der Waals surface area contributed by atoms with Crippen molar-refractivity contribution in [1.82, 2.24) is 9.77 Å². The molecule has 1 N–H and O–H groups in total. The van der Waals surface area contributed by atoms with Crippen molar-refractivity contribution in [2.45, 2.75) is 6.92 Å². The van der Waals surface area contributed by atoms with E-state index >= 15 is 0 Å². The van der Waals surface area contributed by atoms with E-state index < -0.39 is 22.5 Å². The Morgan fingerprint density at radius 3 is 2.67 bits per heavy atom. The van der Waals surface area contributed by atoms with Gasteiger partial charge in [-0.05, 0) is 18.6 Å². The molecule has 2 rings (SSSR count). The molecule has 78 valence electrons. The van der Waals surface area contributed by atoms with Crippen LogP contribution < -0.4 is 11.2 Å². The number of aryl methyl sites for hydroxylation is 1. The zero-order chi connectivity index (χ0) is 11.2. The summed E-state index contributed by atoms with van der Waals surface area (Å²) in [5.41, 5.74) is -2.15. The van der Waals surface area contributed by atoms with Crippen molar-refractivity contribution < 1.29 is 8.87 Å². The average molecular weight is 212 g/mol. The van der Waals surface area contributed by atoms with Crippen LogP contribution in [0.4, 0.5) is 8.87 Å². The fourth-order valence-electron chi connectivity index (χ4n) is 1.45. The van der Waals surface area contributed by atoms with Crippen molar-refractivity contribution in [3.8, 4) is 0 Å². The lowest BCUT2D eigenvalue weighted by atomic mass is 10.1. The maximum atomic E-state index is 13.3. The predicted molar refractivity (Wildman–Crippen MR) is 50.0 cm³/mol. The highest BCUT2D eigenvalue weighted by atomic mass is 19.2. The van der Waals surface area contributed by atoms with E-state index in [1.54, 1.807) is 4.98 Å². The fraction of sp³-hybridized carbons (Fsp3) is 0.111. The molecular weight excluding hydrogens is 206 g/mol. The molecule has 0 amide bonds. The molecule has 4 nitrogen and oxygen atoms in total. The number of nitrogens with one attached hydrogen (secondary N) is 1. The van der Waals surface area contributed by atoms with E-state index in [2.05, 4.69) is 0 Å². The average Bonchev–Trinajstić information content (AvgIpc) is 2.18. The first-order chi connectivity index (χ1) is 7.02. The number of halogens is 2. The number of hydrogen-bond donors (Lipinski definition) is 1. The van der Waals surface area contributed by atoms with Gasteiger partial charge in [-0.15, -0.1) is 4.79 Å². The van der Waals surface area contributed by atoms with Gasteiger partial charge >= 0.3 is 5.69 Å². The van der Waals surface area contributed by atoms with Crippen LogP contribution in [0.1, 0.15) is 5.56 Å². The Morgan fingerprint density at radius 2 is 2.00 bits per heavy atom. The fourth-order valence-corrected chi connectivity index (χ4v) is 1.45. The summed E-state index contributed by atoms with van der Waals surface area (Å²) in [6.45, 7) is 1.48. The SMILES string of the molecule is Cc1ccc(F)c2c(=O)[nH]c(=O)n(F)c12. The van der Waals surface area contributed by atoms with Gasteiger partial charge in [-0.25, -0.2) is 9.18 Å². The highest BCUT2D eigenvalue weighted by molar-refractivity contribution is 5.81. The Hall–Kier alpha value is -1.98. The number of aromatic nitrogens is 2. The van der Waals surface area contributed by atoms with Crippen LogP contribution in [0.2, 0.25) is 0 Å². The molecule has 0 radical (unpaired) electrons. The van der Waals surface area contributed by atoms with Crippen LogP contribution in [-0.2, 0) is 0 Å². The Labute approximate surface area is 81.7 Å². The Bertz CT molecular complexity index is 657. The highest BCUT2D eigenvalue weighted by Crippen LogP contribution is 2.16. The van der Waals surface area contributed by atoms with E-state index in [9.17, 15) is 18.5 Å². The van der Waals surface area contributed by atoms with Crippen LogP contribution >= 0.6 is 0 Å². The summed E-state index contributed by atoms with van der Waals surface area (Å²) in [6.07, 6.45) is 0. The van der Waals surface area contributed by atoms with Crippen LogP contribution in [-0.4, -0.2) is 9.77 Å². The molecule has 0 aliphatic heterocycles. The second-order valence-corrected chi connectivity index (χ2v) is 3.13. The lowest BCUT2D eigenvalue weighted by Crippen LogP contribution is -2.27. The van der Waals surface area contributed by atoms with Gasteiger partial charge in [0.15, 0.2) is 0 Å². The van der Waals surface area contributed by atoms with Gasteiger partial charge in [0.05, 0.1) is 5.52 Å². The molecule has 0 bridgehead atoms. The number of hydrogen-bond acceptors (Lipinski definition) is 2. The van der Waals surface area contributed by atoms with Crippen molar-refractivity contribution in [2.24, 2.45) is 0 Å². The number of rotatable bonds is 0. The van der Waals surface area contributed by atoms with Gasteiger partial charge in [0.25, 0.3) is 5.56 Å². The molecule has 15 heavy (non-hydrogen) atoms. The second kappa shape index (κ2) is 3.01. The first-order valence-electron chi connectivity index (χ1n) is 4.12. The lowest BCUT2D eigenvalue weighted by molar-refractivity contribution is 0.361. The molecule has 0 unspecified atom stereocenters. The molecule has 1 aromatic carbocycles. The topological polar surface area (TPSA) is 54.9 Å². The van der Waals surface area contributed by atoms with E-state index in [0.717, 1.165) is 6.07 Å². The molecule has 0 aliphatic rings. The largest absolute Gasteiger partial charge is 0.357 e. The van der Waals surface area contributed by atoms with Crippen molar-refractivity contribution in [1.29, 1.82) is 0 Å². The van der Waals surface area contributed by atoms with Crippen molar-refractivity contribution in [3.05, 3.63) is 44.4 Å². The molecule has 0 saturated carbocycles. The van der Waals surface area contributed by atoms with Gasteiger partial charge in [-0.1, -0.05) is 10.5 Å². The summed E-state index contributed by atoms with van der Waals surface area (Å²) in [4.78, 5) is 23.6. The molecule has 0 spiro atoms. The van der Waals surface area contributed by atoms with Crippen LogP contribution in [0.5, 0.6) is 0 Å². The first kappa shape index (κ1) is 9.57. The van der Waals surface area contributed by atoms with Crippen LogP contribution in [0.3, 0.4) is 0 Å². The third-order valence-corrected chi connectivity index (χ3v) is 2.15. The van der Waals surface area contributed by atoms with Crippen LogP contribution in [0, 0.1) is 12.7 Å². The third kappa shape index (κ3) is 1.25. The van der Waals surface area contributed by atoms with E-state index in [-0.39, 0.29) is 10.3 Å². The van der Waals surface area contributed by atoms with Crippen molar-refractivity contribution in [2.75, 3.05) is 0 Å². The molecule has 0 saturated heterocycles. The minimum atomic E-state index is -1.21. The van der Waals surface area contributed by atoms with Gasteiger partial charge in [-0.2, -0.15) is 0 Å². The van der Waals surface area contributed by atoms with E-state index in [4.69, 9.17) is 0 Å². The van der Waals surface area contributed by atoms with Gasteiger partial charge in [0.2, 0.25) is 0 Å². The summed E-state index contributed by atoms with van der Waals surface area (Å²) in [5.74, 6) is -0.858. The molecule has 0 fully saturated rings. The first-order valence-corrected chi connectivity index (χ1v) is 4.12. The van der Waals surface area contributed by atoms with Gasteiger partial charge < -0.3 is 0 Å². The highest BCUT2D eigenvalue weighted by Gasteiger charge is 2.13. The maximum absolute atomic E-state index is 13.3. The van der Waals surface area contributed by atoms with Gasteiger partial charge in [0.1, 0.15) is 11.2 Å². The minimum absolute atomic E-state index is 0.269. The third-order valence-electron chi connectivity index (χ3n) is 2.15. The molecular formula is C9H6F2N2O2. The normalized spacial score (nSPS) is 10.9. The maximum Gasteiger partial charge on any atom is 0.357 e. The Morgan fingerprint density at radius 1 is 1.33 bits per heavy atom. The van der Waals surface area contributed by atoms with Gasteiger partial charge in [-0.3, -0.25) is 9.78 Å². The second-order valence-electron chi connectivity index (χ2n) is 3.13. The standard InChI is InChI=1S/C9H6F2N2O2/c1-4-2-3-5(10)6-7(4)13(11)9(15)12-8(6)14/h2-3H,1H3,(H,12,14,15). The van der Waals surface area contributed by atoms with Crippen LogP contribution in [0.15, 0.2) is 21.7 Å². The Kier molecular flexibility index (Phi) is 1.92. The zero-order valence-corrected chi connectivity index (χ0v) is 7.67. The van der Waals surface area contributed by atoms with E-state index in [0.29, 0.717) is 5.56 Å². The zero-order valence-electron chi connectivity index (χ0n) is 7.67.